The lowest BCUT2D eigenvalue weighted by molar-refractivity contribution is -0.146. The molecule has 4 rings (SSSR count). The van der Waals surface area contributed by atoms with E-state index in [0.717, 1.165) is 16.8 Å². The maximum atomic E-state index is 13.2. The summed E-state index contributed by atoms with van der Waals surface area (Å²) in [6.45, 7) is 9.13. The van der Waals surface area contributed by atoms with Crippen LogP contribution in [-0.4, -0.2) is 40.1 Å². The first kappa shape index (κ1) is 17.0. The molecule has 0 aromatic heterocycles. The molecule has 0 spiro atoms. The molecule has 3 aliphatic heterocycles. The highest BCUT2D eigenvalue weighted by Gasteiger charge is 2.64. The Balaban J connectivity index is 1.86. The smallest absolute Gasteiger partial charge is 0.236 e. The summed E-state index contributed by atoms with van der Waals surface area (Å²) in [7, 11) is 0. The standard InChI is InChI=1S/C21H24N2O3/c1-11-6-8-14-13(10-11)7-9-15-16-17(18(12(2)24)22(14)15)20(26)23(19(16)25)21(3,4)5/h6-10,15-18H,1-5H3. The molecule has 5 heteroatoms. The number of likely N-dealkylation sites (tertiary alicyclic amines) is 1. The van der Waals surface area contributed by atoms with Crippen molar-refractivity contribution < 1.29 is 14.4 Å². The number of hydrogen-bond donors (Lipinski definition) is 0. The molecule has 136 valence electrons. The van der Waals surface area contributed by atoms with Gasteiger partial charge in [-0.1, -0.05) is 23.8 Å². The van der Waals surface area contributed by atoms with Crippen molar-refractivity contribution in [3.05, 3.63) is 35.4 Å². The third kappa shape index (κ3) is 2.12. The number of hydrogen-bond acceptors (Lipinski definition) is 4. The summed E-state index contributed by atoms with van der Waals surface area (Å²) in [5, 5.41) is 0. The van der Waals surface area contributed by atoms with E-state index in [4.69, 9.17) is 0 Å². The minimum atomic E-state index is -0.610. The molecule has 5 nitrogen and oxygen atoms in total. The molecule has 0 N–H and O–H groups in total. The molecule has 2 saturated heterocycles. The van der Waals surface area contributed by atoms with E-state index in [1.165, 1.54) is 11.8 Å². The van der Waals surface area contributed by atoms with Crippen molar-refractivity contribution in [1.82, 2.24) is 4.90 Å². The van der Waals surface area contributed by atoms with Gasteiger partial charge in [0.1, 0.15) is 6.04 Å². The number of anilines is 1. The Morgan fingerprint density at radius 1 is 1.08 bits per heavy atom. The molecular formula is C21H24N2O3. The minimum Gasteiger partial charge on any atom is -0.353 e. The number of nitrogens with zero attached hydrogens (tertiary/aromatic N) is 2. The van der Waals surface area contributed by atoms with Crippen LogP contribution in [0, 0.1) is 18.8 Å². The molecule has 4 unspecified atom stereocenters. The second-order valence-electron chi connectivity index (χ2n) is 8.61. The number of aryl methyl sites for hydroxylation is 1. The van der Waals surface area contributed by atoms with Crippen LogP contribution in [0.3, 0.4) is 0 Å². The molecule has 0 aliphatic carbocycles. The second kappa shape index (κ2) is 5.29. The van der Waals surface area contributed by atoms with Crippen LogP contribution in [0.25, 0.3) is 6.08 Å². The van der Waals surface area contributed by atoms with E-state index in [9.17, 15) is 14.4 Å². The van der Waals surface area contributed by atoms with Gasteiger partial charge in [-0.05, 0) is 52.3 Å². The van der Waals surface area contributed by atoms with Gasteiger partial charge < -0.3 is 4.90 Å². The van der Waals surface area contributed by atoms with Gasteiger partial charge in [-0.3, -0.25) is 19.3 Å². The number of fused-ring (bicyclic) bond motifs is 5. The van der Waals surface area contributed by atoms with Crippen LogP contribution in [0.1, 0.15) is 38.8 Å². The van der Waals surface area contributed by atoms with E-state index in [-0.39, 0.29) is 23.6 Å². The zero-order chi connectivity index (χ0) is 19.0. The van der Waals surface area contributed by atoms with Gasteiger partial charge in [-0.15, -0.1) is 0 Å². The average molecular weight is 352 g/mol. The van der Waals surface area contributed by atoms with Gasteiger partial charge in [0, 0.05) is 11.2 Å². The van der Waals surface area contributed by atoms with Crippen LogP contribution in [0.5, 0.6) is 0 Å². The fraction of sp³-hybridized carbons (Fsp3) is 0.476. The van der Waals surface area contributed by atoms with Crippen molar-refractivity contribution >= 4 is 29.4 Å². The topological polar surface area (TPSA) is 57.7 Å². The van der Waals surface area contributed by atoms with Crippen molar-refractivity contribution in [2.24, 2.45) is 11.8 Å². The third-order valence-electron chi connectivity index (χ3n) is 5.75. The monoisotopic (exact) mass is 352 g/mol. The summed E-state index contributed by atoms with van der Waals surface area (Å²) in [5.41, 5.74) is 2.51. The van der Waals surface area contributed by atoms with Crippen LogP contribution in [0.15, 0.2) is 24.3 Å². The number of carbonyl (C=O) groups is 3. The molecule has 0 saturated carbocycles. The van der Waals surface area contributed by atoms with Gasteiger partial charge in [0.2, 0.25) is 11.8 Å². The number of carbonyl (C=O) groups excluding carboxylic acids is 3. The van der Waals surface area contributed by atoms with E-state index in [1.807, 2.05) is 56.9 Å². The van der Waals surface area contributed by atoms with Crippen molar-refractivity contribution in [3.63, 3.8) is 0 Å². The van der Waals surface area contributed by atoms with E-state index >= 15 is 0 Å². The summed E-state index contributed by atoms with van der Waals surface area (Å²) in [6, 6.07) is 5.21. The fourth-order valence-electron chi connectivity index (χ4n) is 4.81. The van der Waals surface area contributed by atoms with Crippen molar-refractivity contribution in [2.45, 2.75) is 52.2 Å². The maximum Gasteiger partial charge on any atom is 0.236 e. The Hall–Kier alpha value is -2.43. The van der Waals surface area contributed by atoms with Crippen LogP contribution in [-0.2, 0) is 14.4 Å². The minimum absolute atomic E-state index is 0.0683. The first-order valence-electron chi connectivity index (χ1n) is 9.08. The van der Waals surface area contributed by atoms with Gasteiger partial charge in [0.25, 0.3) is 0 Å². The molecular weight excluding hydrogens is 328 g/mol. The molecule has 1 aromatic carbocycles. The molecule has 0 bridgehead atoms. The molecule has 4 atom stereocenters. The Morgan fingerprint density at radius 3 is 2.35 bits per heavy atom. The predicted molar refractivity (Wildman–Crippen MR) is 99.5 cm³/mol. The fourth-order valence-corrected chi connectivity index (χ4v) is 4.81. The first-order chi connectivity index (χ1) is 12.1. The van der Waals surface area contributed by atoms with Crippen molar-refractivity contribution in [2.75, 3.05) is 4.90 Å². The molecule has 0 radical (unpaired) electrons. The second-order valence-corrected chi connectivity index (χ2v) is 8.61. The largest absolute Gasteiger partial charge is 0.353 e. The molecule has 2 amide bonds. The number of amides is 2. The van der Waals surface area contributed by atoms with Gasteiger partial charge >= 0.3 is 0 Å². The lowest BCUT2D eigenvalue weighted by atomic mass is 9.88. The van der Waals surface area contributed by atoms with Crippen LogP contribution in [0.4, 0.5) is 5.69 Å². The quantitative estimate of drug-likeness (QED) is 0.729. The average Bonchev–Trinajstić information content (AvgIpc) is 3.00. The Labute approximate surface area is 153 Å². The molecule has 26 heavy (non-hydrogen) atoms. The summed E-state index contributed by atoms with van der Waals surface area (Å²) in [6.07, 6.45) is 4.00. The maximum absolute atomic E-state index is 13.2. The lowest BCUT2D eigenvalue weighted by Crippen LogP contribution is -2.52. The Bertz CT molecular complexity index is 864. The summed E-state index contributed by atoms with van der Waals surface area (Å²) in [5.74, 6) is -1.56. The normalized spacial score (nSPS) is 29.7. The van der Waals surface area contributed by atoms with E-state index in [1.54, 1.807) is 0 Å². The number of Topliss-reactive ketones (excluding diaryl/α,β-unsaturated/α-hetero) is 1. The number of ketones is 1. The van der Waals surface area contributed by atoms with Crippen LogP contribution < -0.4 is 4.90 Å². The van der Waals surface area contributed by atoms with Crippen molar-refractivity contribution in [3.8, 4) is 0 Å². The van der Waals surface area contributed by atoms with Crippen LogP contribution >= 0.6 is 0 Å². The first-order valence-corrected chi connectivity index (χ1v) is 9.08. The van der Waals surface area contributed by atoms with Crippen molar-refractivity contribution in [1.29, 1.82) is 0 Å². The van der Waals surface area contributed by atoms with Crippen LogP contribution in [0.2, 0.25) is 0 Å². The summed E-state index contributed by atoms with van der Waals surface area (Å²) in [4.78, 5) is 42.3. The highest BCUT2D eigenvalue weighted by atomic mass is 16.2. The van der Waals surface area contributed by atoms with Gasteiger partial charge in [-0.25, -0.2) is 0 Å². The zero-order valence-electron chi connectivity index (χ0n) is 15.8. The SMILES string of the molecule is CC(=O)C1C2C(=O)N(C(C)(C)C)C(=O)C2C2C=Cc3cc(C)ccc3N21. The highest BCUT2D eigenvalue weighted by Crippen LogP contribution is 2.49. The molecule has 3 aliphatic rings. The van der Waals surface area contributed by atoms with Gasteiger partial charge in [0.05, 0.1) is 17.9 Å². The summed E-state index contributed by atoms with van der Waals surface area (Å²) >= 11 is 0. The molecule has 2 fully saturated rings. The van der Waals surface area contributed by atoms with E-state index in [0.29, 0.717) is 0 Å². The Kier molecular flexibility index (Phi) is 3.46. The zero-order valence-corrected chi connectivity index (χ0v) is 15.8. The Morgan fingerprint density at radius 2 is 1.73 bits per heavy atom. The molecule has 3 heterocycles. The lowest BCUT2D eigenvalue weighted by Gasteiger charge is -2.38. The number of rotatable bonds is 1. The number of imide groups is 1. The van der Waals surface area contributed by atoms with Gasteiger partial charge in [-0.2, -0.15) is 0 Å². The van der Waals surface area contributed by atoms with E-state index < -0.39 is 23.4 Å². The predicted octanol–water partition coefficient (Wildman–Crippen LogP) is 2.57. The van der Waals surface area contributed by atoms with Gasteiger partial charge in [0.15, 0.2) is 5.78 Å². The highest BCUT2D eigenvalue weighted by molar-refractivity contribution is 6.11. The number of benzene rings is 1. The molecule has 1 aromatic rings. The third-order valence-corrected chi connectivity index (χ3v) is 5.75. The summed E-state index contributed by atoms with van der Waals surface area (Å²) < 4.78 is 0. The van der Waals surface area contributed by atoms with E-state index in [2.05, 4.69) is 6.07 Å².